The normalized spacial score (nSPS) is 31.1. The second-order valence-corrected chi connectivity index (χ2v) is 8.99. The molecule has 156 valence electrons. The highest BCUT2D eigenvalue weighted by atomic mass is 16.5. The molecule has 6 heteroatoms. The third kappa shape index (κ3) is 4.40. The average Bonchev–Trinajstić information content (AvgIpc) is 3.37. The Kier molecular flexibility index (Phi) is 5.68. The van der Waals surface area contributed by atoms with Crippen LogP contribution in [-0.2, 0) is 17.8 Å². The van der Waals surface area contributed by atoms with Crippen molar-refractivity contribution in [3.8, 4) is 0 Å². The maximum atomic E-state index is 10.8. The molecule has 1 N–H and O–H groups in total. The van der Waals surface area contributed by atoms with Crippen LogP contribution in [0.2, 0.25) is 0 Å². The molecule has 1 aliphatic carbocycles. The van der Waals surface area contributed by atoms with Gasteiger partial charge in [-0.2, -0.15) is 5.10 Å². The Hall–Kier alpha value is -1.73. The van der Waals surface area contributed by atoms with Gasteiger partial charge in [0.05, 0.1) is 25.9 Å². The van der Waals surface area contributed by atoms with Crippen LogP contribution in [0.4, 0.5) is 0 Å². The van der Waals surface area contributed by atoms with E-state index in [-0.39, 0.29) is 6.10 Å². The quantitative estimate of drug-likeness (QED) is 0.836. The zero-order chi connectivity index (χ0) is 19.6. The van der Waals surface area contributed by atoms with E-state index in [1.165, 1.54) is 11.1 Å². The van der Waals surface area contributed by atoms with Gasteiger partial charge in [-0.25, -0.2) is 0 Å². The zero-order valence-electron chi connectivity index (χ0n) is 17.1. The third-order valence-corrected chi connectivity index (χ3v) is 7.00. The highest BCUT2D eigenvalue weighted by Crippen LogP contribution is 2.39. The minimum Gasteiger partial charge on any atom is -0.391 e. The van der Waals surface area contributed by atoms with Gasteiger partial charge in [0.1, 0.15) is 0 Å². The Bertz CT molecular complexity index is 790. The molecule has 2 aliphatic heterocycles. The van der Waals surface area contributed by atoms with Gasteiger partial charge in [0.25, 0.3) is 0 Å². The van der Waals surface area contributed by atoms with Crippen LogP contribution in [0, 0.1) is 11.8 Å². The number of fused-ring (bicyclic) bond motifs is 1. The minimum atomic E-state index is -0.188. The van der Waals surface area contributed by atoms with Crippen LogP contribution in [0.3, 0.4) is 0 Å². The Balaban J connectivity index is 1.20. The second-order valence-electron chi connectivity index (χ2n) is 8.99. The summed E-state index contributed by atoms with van der Waals surface area (Å²) in [6, 6.07) is 11.2. The number of hydrogen-bond donors (Lipinski definition) is 1. The summed E-state index contributed by atoms with van der Waals surface area (Å²) in [4.78, 5) is 5.06. The largest absolute Gasteiger partial charge is 0.391 e. The molecule has 0 amide bonds. The summed E-state index contributed by atoms with van der Waals surface area (Å²) in [6.45, 7) is 7.62. The fourth-order valence-corrected chi connectivity index (χ4v) is 5.60. The molecule has 0 spiro atoms. The summed E-state index contributed by atoms with van der Waals surface area (Å²) < 4.78 is 7.47. The van der Waals surface area contributed by atoms with E-state index in [1.54, 1.807) is 0 Å². The molecule has 2 aromatic rings. The molecule has 2 saturated heterocycles. The topological polar surface area (TPSA) is 53.8 Å². The SMILES string of the molecule is O[C@@H]1C[C@H]2CN(Cc3cccc(Cn4cccn4)c3)C[C@H]2C[C@H]1N1CCOCC1. The molecular formula is C23H32N4O2. The Morgan fingerprint density at radius 3 is 2.52 bits per heavy atom. The Morgan fingerprint density at radius 2 is 1.76 bits per heavy atom. The lowest BCUT2D eigenvalue weighted by Gasteiger charge is -2.43. The van der Waals surface area contributed by atoms with Crippen LogP contribution in [-0.4, -0.2) is 76.2 Å². The second kappa shape index (κ2) is 8.56. The summed E-state index contributed by atoms with van der Waals surface area (Å²) in [6.07, 6.45) is 5.72. The van der Waals surface area contributed by atoms with Crippen molar-refractivity contribution in [1.29, 1.82) is 0 Å². The predicted molar refractivity (Wildman–Crippen MR) is 111 cm³/mol. The fraction of sp³-hybridized carbons (Fsp3) is 0.609. The first-order valence-electron chi connectivity index (χ1n) is 11.0. The first kappa shape index (κ1) is 19.2. The number of likely N-dealkylation sites (tertiary alicyclic amines) is 1. The number of aromatic nitrogens is 2. The van der Waals surface area contributed by atoms with Crippen molar-refractivity contribution in [3.63, 3.8) is 0 Å². The molecule has 3 aliphatic rings. The molecule has 29 heavy (non-hydrogen) atoms. The molecule has 4 atom stereocenters. The number of aliphatic hydroxyl groups is 1. The standard InChI is InChI=1S/C23H32N4O2/c28-23-13-21-17-25(16-20(21)12-22(23)26-7-9-29-10-8-26)14-18-3-1-4-19(11-18)15-27-6-2-5-24-27/h1-6,11,20-23,28H,7-10,12-17H2/t20-,21+,22-,23-/m1/s1. The van der Waals surface area contributed by atoms with Gasteiger partial charge in [-0.05, 0) is 41.9 Å². The molecule has 3 fully saturated rings. The molecule has 1 aromatic heterocycles. The van der Waals surface area contributed by atoms with Crippen LogP contribution in [0.5, 0.6) is 0 Å². The van der Waals surface area contributed by atoms with Crippen LogP contribution in [0.25, 0.3) is 0 Å². The summed E-state index contributed by atoms with van der Waals surface area (Å²) in [5.41, 5.74) is 2.67. The van der Waals surface area contributed by atoms with Crippen LogP contribution in [0.15, 0.2) is 42.7 Å². The van der Waals surface area contributed by atoms with E-state index < -0.39 is 0 Å². The molecule has 0 bridgehead atoms. The van der Waals surface area contributed by atoms with Gasteiger partial charge >= 0.3 is 0 Å². The summed E-state index contributed by atoms with van der Waals surface area (Å²) in [5.74, 6) is 1.34. The van der Waals surface area contributed by atoms with E-state index in [2.05, 4.69) is 39.2 Å². The first-order valence-corrected chi connectivity index (χ1v) is 11.0. The van der Waals surface area contributed by atoms with Gasteiger partial charge < -0.3 is 9.84 Å². The lowest BCUT2D eigenvalue weighted by molar-refractivity contribution is -0.0520. The van der Waals surface area contributed by atoms with Gasteiger partial charge in [-0.15, -0.1) is 0 Å². The number of rotatable bonds is 5. The maximum Gasteiger partial charge on any atom is 0.0698 e. The van der Waals surface area contributed by atoms with Gasteiger partial charge in [0.15, 0.2) is 0 Å². The van der Waals surface area contributed by atoms with Crippen molar-refractivity contribution in [2.24, 2.45) is 11.8 Å². The fourth-order valence-electron chi connectivity index (χ4n) is 5.60. The van der Waals surface area contributed by atoms with Crippen molar-refractivity contribution in [1.82, 2.24) is 19.6 Å². The first-order chi connectivity index (χ1) is 14.2. The highest BCUT2D eigenvalue weighted by Gasteiger charge is 2.43. The number of hydrogen-bond acceptors (Lipinski definition) is 5. The molecule has 5 rings (SSSR count). The number of nitrogens with zero attached hydrogens (tertiary/aromatic N) is 4. The molecular weight excluding hydrogens is 364 g/mol. The van der Waals surface area contributed by atoms with Gasteiger partial charge in [-0.1, -0.05) is 24.3 Å². The van der Waals surface area contributed by atoms with E-state index in [0.717, 1.165) is 65.3 Å². The van der Waals surface area contributed by atoms with Gasteiger partial charge in [0.2, 0.25) is 0 Å². The molecule has 0 radical (unpaired) electrons. The molecule has 0 unspecified atom stereocenters. The molecule has 3 heterocycles. The van der Waals surface area contributed by atoms with Crippen LogP contribution < -0.4 is 0 Å². The Morgan fingerprint density at radius 1 is 1.00 bits per heavy atom. The number of benzene rings is 1. The summed E-state index contributed by atoms with van der Waals surface area (Å²) >= 11 is 0. The average molecular weight is 397 g/mol. The smallest absolute Gasteiger partial charge is 0.0698 e. The van der Waals surface area contributed by atoms with Crippen molar-refractivity contribution < 1.29 is 9.84 Å². The van der Waals surface area contributed by atoms with E-state index in [9.17, 15) is 5.11 Å². The highest BCUT2D eigenvalue weighted by molar-refractivity contribution is 5.24. The predicted octanol–water partition coefficient (Wildman–Crippen LogP) is 1.83. The van der Waals surface area contributed by atoms with Crippen molar-refractivity contribution in [2.45, 2.75) is 38.1 Å². The summed E-state index contributed by atoms with van der Waals surface area (Å²) in [5, 5.41) is 15.1. The van der Waals surface area contributed by atoms with E-state index in [1.807, 2.05) is 23.1 Å². The van der Waals surface area contributed by atoms with E-state index in [0.29, 0.717) is 17.9 Å². The third-order valence-electron chi connectivity index (χ3n) is 7.00. The zero-order valence-corrected chi connectivity index (χ0v) is 17.1. The molecule has 1 saturated carbocycles. The minimum absolute atomic E-state index is 0.188. The Labute approximate surface area is 173 Å². The number of ether oxygens (including phenoxy) is 1. The van der Waals surface area contributed by atoms with E-state index in [4.69, 9.17) is 4.74 Å². The monoisotopic (exact) mass is 396 g/mol. The lowest BCUT2D eigenvalue weighted by Crippen LogP contribution is -2.53. The number of morpholine rings is 1. The molecule has 6 nitrogen and oxygen atoms in total. The van der Waals surface area contributed by atoms with Gasteiger partial charge in [0, 0.05) is 51.2 Å². The molecule has 1 aromatic carbocycles. The van der Waals surface area contributed by atoms with E-state index >= 15 is 0 Å². The van der Waals surface area contributed by atoms with Crippen molar-refractivity contribution >= 4 is 0 Å². The van der Waals surface area contributed by atoms with Crippen LogP contribution >= 0.6 is 0 Å². The van der Waals surface area contributed by atoms with Crippen molar-refractivity contribution in [2.75, 3.05) is 39.4 Å². The van der Waals surface area contributed by atoms with Crippen LogP contribution in [0.1, 0.15) is 24.0 Å². The number of aliphatic hydroxyl groups excluding tert-OH is 1. The summed E-state index contributed by atoms with van der Waals surface area (Å²) in [7, 11) is 0. The lowest BCUT2D eigenvalue weighted by atomic mass is 9.77. The van der Waals surface area contributed by atoms with Crippen molar-refractivity contribution in [3.05, 3.63) is 53.9 Å². The van der Waals surface area contributed by atoms with Gasteiger partial charge in [-0.3, -0.25) is 14.5 Å². The maximum absolute atomic E-state index is 10.8.